The second-order valence-corrected chi connectivity index (χ2v) is 14.8. The lowest BCUT2D eigenvalue weighted by Crippen LogP contribution is -2.61. The molecule has 0 aliphatic carbocycles. The molecule has 0 spiro atoms. The molecular weight excluding hydrogens is 622 g/mol. The van der Waals surface area contributed by atoms with E-state index >= 15 is 0 Å². The minimum Gasteiger partial charge on any atom is -0.460 e. The van der Waals surface area contributed by atoms with Gasteiger partial charge in [0.25, 0.3) is 0 Å². The fraction of sp³-hybridized carbons (Fsp3) is 0.824. The zero-order valence-corrected chi connectivity index (χ0v) is 30.6. The lowest BCUT2D eigenvalue weighted by atomic mass is 9.88. The highest BCUT2D eigenvalue weighted by molar-refractivity contribution is 5.96. The van der Waals surface area contributed by atoms with Crippen LogP contribution in [0.25, 0.3) is 0 Å². The van der Waals surface area contributed by atoms with Gasteiger partial charge < -0.3 is 41.1 Å². The summed E-state index contributed by atoms with van der Waals surface area (Å²) in [6.45, 7) is 15.2. The number of esters is 1. The van der Waals surface area contributed by atoms with Crippen molar-refractivity contribution >= 4 is 35.5 Å². The van der Waals surface area contributed by atoms with Crippen LogP contribution in [-0.4, -0.2) is 107 Å². The van der Waals surface area contributed by atoms with Gasteiger partial charge in [0, 0.05) is 7.05 Å². The predicted molar refractivity (Wildman–Crippen MR) is 180 cm³/mol. The van der Waals surface area contributed by atoms with Crippen LogP contribution in [-0.2, 0) is 33.5 Å². The molecule has 276 valence electrons. The van der Waals surface area contributed by atoms with E-state index in [0.29, 0.717) is 19.3 Å². The molecule has 1 heterocycles. The SMILES string of the molecule is CC[C@H](C)[C@@H]1NC(=O)[C@H](CC(C)C)N(C)C(=O)[C@H](C)[C@@H](CCCCC(C)(C)C)OC(=O)CNC(=O)[C@H]([C@H](C)O)NC(=O)[C@H](CO)NC1=O. The van der Waals surface area contributed by atoms with Crippen molar-refractivity contribution < 1.29 is 43.7 Å². The Bertz CT molecular complexity index is 1110. The number of likely N-dealkylation sites (N-methyl/N-ethyl adjacent to an activating group) is 1. The van der Waals surface area contributed by atoms with E-state index in [9.17, 15) is 39.0 Å². The molecule has 0 aromatic heterocycles. The fourth-order valence-electron chi connectivity index (χ4n) is 5.48. The van der Waals surface area contributed by atoms with Gasteiger partial charge in [0.15, 0.2) is 0 Å². The van der Waals surface area contributed by atoms with Crippen LogP contribution in [0.1, 0.15) is 101 Å². The van der Waals surface area contributed by atoms with E-state index < -0.39 is 96.9 Å². The largest absolute Gasteiger partial charge is 0.460 e. The fourth-order valence-corrected chi connectivity index (χ4v) is 5.48. The molecule has 8 atom stereocenters. The molecule has 6 N–H and O–H groups in total. The van der Waals surface area contributed by atoms with Crippen molar-refractivity contribution in [1.29, 1.82) is 0 Å². The number of amides is 5. The zero-order chi connectivity index (χ0) is 36.9. The maximum Gasteiger partial charge on any atom is 0.325 e. The van der Waals surface area contributed by atoms with Crippen LogP contribution in [0, 0.1) is 23.2 Å². The second-order valence-electron chi connectivity index (χ2n) is 14.8. The second kappa shape index (κ2) is 19.7. The molecule has 0 aromatic rings. The summed E-state index contributed by atoms with van der Waals surface area (Å²) < 4.78 is 5.76. The highest BCUT2D eigenvalue weighted by Crippen LogP contribution is 2.25. The summed E-state index contributed by atoms with van der Waals surface area (Å²) in [5.41, 5.74) is 0.0913. The quantitative estimate of drug-likeness (QED) is 0.144. The Labute approximate surface area is 285 Å². The van der Waals surface area contributed by atoms with Crippen molar-refractivity contribution in [3.05, 3.63) is 0 Å². The van der Waals surface area contributed by atoms with Gasteiger partial charge in [0.05, 0.1) is 18.6 Å². The third kappa shape index (κ3) is 13.7. The summed E-state index contributed by atoms with van der Waals surface area (Å²) in [4.78, 5) is 81.7. The van der Waals surface area contributed by atoms with Crippen LogP contribution in [0.15, 0.2) is 0 Å². The maximum atomic E-state index is 14.0. The van der Waals surface area contributed by atoms with Crippen LogP contribution in [0.2, 0.25) is 0 Å². The van der Waals surface area contributed by atoms with E-state index in [-0.39, 0.29) is 17.8 Å². The molecule has 48 heavy (non-hydrogen) atoms. The Hall–Kier alpha value is -3.26. The van der Waals surface area contributed by atoms with Crippen molar-refractivity contribution in [3.63, 3.8) is 0 Å². The van der Waals surface area contributed by atoms with Crippen molar-refractivity contribution in [2.75, 3.05) is 20.2 Å². The lowest BCUT2D eigenvalue weighted by molar-refractivity contribution is -0.157. The van der Waals surface area contributed by atoms with Crippen LogP contribution >= 0.6 is 0 Å². The molecule has 1 rings (SSSR count). The third-order valence-electron chi connectivity index (χ3n) is 8.79. The Balaban J connectivity index is 3.62. The number of aliphatic hydroxyl groups is 2. The molecule has 14 nitrogen and oxygen atoms in total. The first-order valence-corrected chi connectivity index (χ1v) is 17.2. The molecule has 1 saturated heterocycles. The smallest absolute Gasteiger partial charge is 0.325 e. The third-order valence-corrected chi connectivity index (χ3v) is 8.79. The first-order valence-electron chi connectivity index (χ1n) is 17.2. The Kier molecular flexibility index (Phi) is 17.5. The van der Waals surface area contributed by atoms with E-state index in [1.54, 1.807) is 13.8 Å². The molecule has 0 radical (unpaired) electrons. The molecular formula is C34H61N5O9. The first kappa shape index (κ1) is 42.8. The first-order chi connectivity index (χ1) is 22.2. The lowest BCUT2D eigenvalue weighted by Gasteiger charge is -2.34. The molecule has 0 aromatic carbocycles. The number of rotatable bonds is 10. The van der Waals surface area contributed by atoms with Gasteiger partial charge >= 0.3 is 5.97 Å². The van der Waals surface area contributed by atoms with Gasteiger partial charge in [-0.15, -0.1) is 0 Å². The number of nitrogens with one attached hydrogen (secondary N) is 4. The summed E-state index contributed by atoms with van der Waals surface area (Å²) in [7, 11) is 1.51. The minimum atomic E-state index is -1.54. The van der Waals surface area contributed by atoms with Crippen LogP contribution < -0.4 is 21.3 Å². The maximum absolute atomic E-state index is 14.0. The van der Waals surface area contributed by atoms with Crippen LogP contribution in [0.5, 0.6) is 0 Å². The van der Waals surface area contributed by atoms with Crippen molar-refractivity contribution in [2.45, 2.75) is 137 Å². The molecule has 0 bridgehead atoms. The van der Waals surface area contributed by atoms with Crippen molar-refractivity contribution in [1.82, 2.24) is 26.2 Å². The van der Waals surface area contributed by atoms with Gasteiger partial charge in [0.1, 0.15) is 36.8 Å². The number of unbranched alkanes of at least 4 members (excludes halogenated alkanes) is 1. The summed E-state index contributed by atoms with van der Waals surface area (Å²) in [6.07, 6.45) is 1.23. The van der Waals surface area contributed by atoms with Gasteiger partial charge in [-0.3, -0.25) is 28.8 Å². The average molecular weight is 684 g/mol. The molecule has 14 heteroatoms. The van der Waals surface area contributed by atoms with Gasteiger partial charge in [-0.1, -0.05) is 68.2 Å². The Morgan fingerprint density at radius 1 is 0.896 bits per heavy atom. The van der Waals surface area contributed by atoms with Crippen LogP contribution in [0.4, 0.5) is 0 Å². The molecule has 5 amide bonds. The molecule has 1 fully saturated rings. The van der Waals surface area contributed by atoms with Gasteiger partial charge in [-0.2, -0.15) is 0 Å². The number of carbonyl (C=O) groups excluding carboxylic acids is 6. The van der Waals surface area contributed by atoms with Crippen molar-refractivity contribution in [2.24, 2.45) is 23.2 Å². The monoisotopic (exact) mass is 683 g/mol. The van der Waals surface area contributed by atoms with E-state index in [0.717, 1.165) is 12.8 Å². The number of ether oxygens (including phenoxy) is 1. The number of nitrogens with zero attached hydrogens (tertiary/aromatic N) is 1. The average Bonchev–Trinajstić information content (AvgIpc) is 3.00. The molecule has 1 aliphatic rings. The topological polar surface area (TPSA) is 203 Å². The van der Waals surface area contributed by atoms with Crippen LogP contribution in [0.3, 0.4) is 0 Å². The summed E-state index contributed by atoms with van der Waals surface area (Å²) in [5, 5.41) is 30.1. The number of carbonyl (C=O) groups is 6. The van der Waals surface area contributed by atoms with E-state index in [1.165, 1.54) is 18.9 Å². The van der Waals surface area contributed by atoms with E-state index in [1.807, 2.05) is 20.8 Å². The number of hydrogen-bond donors (Lipinski definition) is 6. The van der Waals surface area contributed by atoms with E-state index in [2.05, 4.69) is 42.0 Å². The Morgan fingerprint density at radius 3 is 2.02 bits per heavy atom. The molecule has 0 saturated carbocycles. The normalized spacial score (nSPS) is 27.5. The number of aliphatic hydroxyl groups excluding tert-OH is 2. The van der Waals surface area contributed by atoms with Gasteiger partial charge in [-0.25, -0.2) is 0 Å². The minimum absolute atomic E-state index is 0.0113. The van der Waals surface area contributed by atoms with Crippen molar-refractivity contribution in [3.8, 4) is 0 Å². The number of cyclic esters (lactones) is 1. The summed E-state index contributed by atoms with van der Waals surface area (Å²) in [5.74, 6) is -5.70. The summed E-state index contributed by atoms with van der Waals surface area (Å²) >= 11 is 0. The number of hydrogen-bond acceptors (Lipinski definition) is 9. The van der Waals surface area contributed by atoms with E-state index in [4.69, 9.17) is 4.74 Å². The van der Waals surface area contributed by atoms with Gasteiger partial charge in [0.2, 0.25) is 29.5 Å². The highest BCUT2D eigenvalue weighted by Gasteiger charge is 2.38. The summed E-state index contributed by atoms with van der Waals surface area (Å²) in [6, 6.07) is -5.17. The zero-order valence-electron chi connectivity index (χ0n) is 30.6. The highest BCUT2D eigenvalue weighted by atomic mass is 16.5. The molecule has 0 unspecified atom stereocenters. The standard InChI is InChI=1S/C34H61N5O9/c1-11-20(4)27-32(46)36-23(18-40)29(43)38-28(22(6)41)31(45)35-17-26(42)48-25(14-12-13-15-34(7,8)9)21(5)33(47)39(10)24(16-19(2)3)30(44)37-27/h19-25,27-28,40-41H,11-18H2,1-10H3,(H,35,45)(H,36,46)(H,37,44)(H,38,43)/t20-,21+,22-,23-,24-,25+,27-,28-/m0/s1. The van der Waals surface area contributed by atoms with Gasteiger partial charge in [-0.05, 0) is 49.9 Å². The Morgan fingerprint density at radius 2 is 1.50 bits per heavy atom. The predicted octanol–water partition coefficient (Wildman–Crippen LogP) is 1.02. The molecule has 1 aliphatic heterocycles.